The van der Waals surface area contributed by atoms with Gasteiger partial charge in [-0.25, -0.2) is 0 Å². The van der Waals surface area contributed by atoms with Gasteiger partial charge in [-0.2, -0.15) is 0 Å². The van der Waals surface area contributed by atoms with E-state index in [0.717, 1.165) is 16.8 Å². The maximum Gasteiger partial charge on any atom is 0.260 e. The van der Waals surface area contributed by atoms with E-state index in [-0.39, 0.29) is 30.4 Å². The highest BCUT2D eigenvalue weighted by Gasteiger charge is 2.20. The number of ether oxygens (including phenoxy) is 1. The average molecular weight is 458 g/mol. The first-order valence-corrected chi connectivity index (χ1v) is 11.2. The van der Waals surface area contributed by atoms with Gasteiger partial charge in [0.25, 0.3) is 11.8 Å². The summed E-state index contributed by atoms with van der Waals surface area (Å²) in [5.41, 5.74) is 3.93. The lowest BCUT2D eigenvalue weighted by Gasteiger charge is -2.26. The topological polar surface area (TPSA) is 87.7 Å². The molecule has 0 saturated carbocycles. The molecule has 0 spiro atoms. The van der Waals surface area contributed by atoms with Crippen molar-refractivity contribution in [2.24, 2.45) is 0 Å². The molecule has 7 nitrogen and oxygen atoms in total. The highest BCUT2D eigenvalue weighted by Crippen LogP contribution is 2.27. The molecule has 7 heteroatoms. The summed E-state index contributed by atoms with van der Waals surface area (Å²) in [6.45, 7) is 1.83. The Labute approximate surface area is 198 Å². The molecule has 1 atom stereocenters. The van der Waals surface area contributed by atoms with Crippen molar-refractivity contribution in [1.82, 2.24) is 4.90 Å². The standard InChI is InChI=1S/C27H27N3O4/c1-18(20-9-6-10-22(15-20)28-27(33)19-7-4-3-5-8-19)30(2)26(32)17-34-23-12-13-24-21(16-23)11-14-25(31)29-24/h3-10,12-13,15-16,18H,11,14,17H2,1-2H3,(H,28,33)(H,29,31). The number of nitrogens with one attached hydrogen (secondary N) is 2. The van der Waals surface area contributed by atoms with Crippen LogP contribution in [-0.4, -0.2) is 36.3 Å². The molecular weight excluding hydrogens is 430 g/mol. The maximum atomic E-state index is 12.8. The van der Waals surface area contributed by atoms with Gasteiger partial charge in [-0.1, -0.05) is 30.3 Å². The van der Waals surface area contributed by atoms with Gasteiger partial charge in [0, 0.05) is 30.4 Å². The molecule has 0 aliphatic carbocycles. The summed E-state index contributed by atoms with van der Waals surface area (Å²) < 4.78 is 5.73. The number of anilines is 2. The van der Waals surface area contributed by atoms with Crippen molar-refractivity contribution in [3.05, 3.63) is 89.5 Å². The predicted molar refractivity (Wildman–Crippen MR) is 131 cm³/mol. The second kappa shape index (κ2) is 10.2. The Morgan fingerprint density at radius 2 is 1.82 bits per heavy atom. The van der Waals surface area contributed by atoms with Crippen LogP contribution in [0.1, 0.15) is 40.9 Å². The molecule has 34 heavy (non-hydrogen) atoms. The number of benzene rings is 3. The Bertz CT molecular complexity index is 1210. The lowest BCUT2D eigenvalue weighted by Crippen LogP contribution is -2.33. The quantitative estimate of drug-likeness (QED) is 0.550. The molecule has 0 radical (unpaired) electrons. The van der Waals surface area contributed by atoms with Gasteiger partial charge in [0.15, 0.2) is 6.61 Å². The van der Waals surface area contributed by atoms with E-state index in [2.05, 4.69) is 10.6 Å². The summed E-state index contributed by atoms with van der Waals surface area (Å²) in [6.07, 6.45) is 1.10. The van der Waals surface area contributed by atoms with Crippen molar-refractivity contribution in [2.45, 2.75) is 25.8 Å². The number of carbonyl (C=O) groups excluding carboxylic acids is 3. The van der Waals surface area contributed by atoms with E-state index in [0.29, 0.717) is 29.8 Å². The minimum atomic E-state index is -0.219. The van der Waals surface area contributed by atoms with Crippen LogP contribution >= 0.6 is 0 Å². The number of carbonyl (C=O) groups is 3. The fourth-order valence-electron chi connectivity index (χ4n) is 3.81. The second-order valence-corrected chi connectivity index (χ2v) is 8.28. The van der Waals surface area contributed by atoms with Gasteiger partial charge in [0.2, 0.25) is 5.91 Å². The average Bonchev–Trinajstić information content (AvgIpc) is 2.87. The third-order valence-electron chi connectivity index (χ3n) is 5.97. The van der Waals surface area contributed by atoms with Crippen LogP contribution in [0.4, 0.5) is 11.4 Å². The van der Waals surface area contributed by atoms with Gasteiger partial charge in [-0.3, -0.25) is 14.4 Å². The van der Waals surface area contributed by atoms with E-state index in [9.17, 15) is 14.4 Å². The summed E-state index contributed by atoms with van der Waals surface area (Å²) in [7, 11) is 1.73. The highest BCUT2D eigenvalue weighted by molar-refractivity contribution is 6.04. The summed E-state index contributed by atoms with van der Waals surface area (Å²) >= 11 is 0. The van der Waals surface area contributed by atoms with Gasteiger partial charge in [0.05, 0.1) is 6.04 Å². The van der Waals surface area contributed by atoms with Crippen LogP contribution in [0.3, 0.4) is 0 Å². The fourth-order valence-corrected chi connectivity index (χ4v) is 3.81. The monoisotopic (exact) mass is 457 g/mol. The van der Waals surface area contributed by atoms with Crippen molar-refractivity contribution in [3.8, 4) is 5.75 Å². The Balaban J connectivity index is 1.36. The lowest BCUT2D eigenvalue weighted by atomic mass is 10.0. The molecule has 2 N–H and O–H groups in total. The third-order valence-corrected chi connectivity index (χ3v) is 5.97. The van der Waals surface area contributed by atoms with E-state index < -0.39 is 0 Å². The largest absolute Gasteiger partial charge is 0.484 e. The van der Waals surface area contributed by atoms with Gasteiger partial charge < -0.3 is 20.3 Å². The van der Waals surface area contributed by atoms with Crippen molar-refractivity contribution >= 4 is 29.1 Å². The zero-order valence-corrected chi connectivity index (χ0v) is 19.2. The molecule has 0 fully saturated rings. The van der Waals surface area contributed by atoms with Crippen molar-refractivity contribution in [1.29, 1.82) is 0 Å². The van der Waals surface area contributed by atoms with E-state index in [1.807, 2.05) is 55.5 Å². The second-order valence-electron chi connectivity index (χ2n) is 8.28. The number of aryl methyl sites for hydroxylation is 1. The molecule has 3 aromatic carbocycles. The molecule has 3 amide bonds. The van der Waals surface area contributed by atoms with E-state index in [1.165, 1.54) is 0 Å². The number of fused-ring (bicyclic) bond motifs is 1. The number of rotatable bonds is 7. The van der Waals surface area contributed by atoms with Crippen LogP contribution in [0.5, 0.6) is 5.75 Å². The fraction of sp³-hybridized carbons (Fsp3) is 0.222. The number of hydrogen-bond donors (Lipinski definition) is 2. The van der Waals surface area contributed by atoms with Gasteiger partial charge in [-0.05, 0) is 66.9 Å². The molecule has 3 aromatic rings. The normalized spacial score (nSPS) is 13.3. The van der Waals surface area contributed by atoms with E-state index in [4.69, 9.17) is 4.74 Å². The molecular formula is C27H27N3O4. The predicted octanol–water partition coefficient (Wildman–Crippen LogP) is 4.42. The molecule has 0 aromatic heterocycles. The Morgan fingerprint density at radius 3 is 2.62 bits per heavy atom. The molecule has 0 bridgehead atoms. The molecule has 1 unspecified atom stereocenters. The van der Waals surface area contributed by atoms with Crippen molar-refractivity contribution < 1.29 is 19.1 Å². The third kappa shape index (κ3) is 5.43. The Hall–Kier alpha value is -4.13. The first kappa shape index (κ1) is 23.0. The lowest BCUT2D eigenvalue weighted by molar-refractivity contribution is -0.134. The minimum Gasteiger partial charge on any atom is -0.484 e. The molecule has 4 rings (SSSR count). The summed E-state index contributed by atoms with van der Waals surface area (Å²) in [5, 5.41) is 5.74. The van der Waals surface area contributed by atoms with Crippen LogP contribution < -0.4 is 15.4 Å². The van der Waals surface area contributed by atoms with Crippen LogP contribution in [0, 0.1) is 0 Å². The summed E-state index contributed by atoms with van der Waals surface area (Å²) in [6, 6.07) is 21.7. The van der Waals surface area contributed by atoms with E-state index >= 15 is 0 Å². The zero-order valence-electron chi connectivity index (χ0n) is 19.2. The van der Waals surface area contributed by atoms with Crippen LogP contribution in [-0.2, 0) is 16.0 Å². The molecule has 1 aliphatic rings. The van der Waals surface area contributed by atoms with Crippen LogP contribution in [0.15, 0.2) is 72.8 Å². The van der Waals surface area contributed by atoms with Crippen molar-refractivity contribution in [2.75, 3.05) is 24.3 Å². The molecule has 1 heterocycles. The highest BCUT2D eigenvalue weighted by atomic mass is 16.5. The molecule has 0 saturated heterocycles. The van der Waals surface area contributed by atoms with E-state index in [1.54, 1.807) is 36.2 Å². The zero-order chi connectivity index (χ0) is 24.1. The van der Waals surface area contributed by atoms with Gasteiger partial charge in [-0.15, -0.1) is 0 Å². The van der Waals surface area contributed by atoms with Gasteiger partial charge >= 0.3 is 0 Å². The van der Waals surface area contributed by atoms with Crippen LogP contribution in [0.25, 0.3) is 0 Å². The Kier molecular flexibility index (Phi) is 6.92. The first-order valence-electron chi connectivity index (χ1n) is 11.2. The number of amides is 3. The number of nitrogens with zero attached hydrogens (tertiary/aromatic N) is 1. The smallest absolute Gasteiger partial charge is 0.260 e. The Morgan fingerprint density at radius 1 is 1.03 bits per heavy atom. The molecule has 1 aliphatic heterocycles. The maximum absolute atomic E-state index is 12.8. The number of hydrogen-bond acceptors (Lipinski definition) is 4. The summed E-state index contributed by atoms with van der Waals surface area (Å²) in [5.74, 6) is 0.246. The van der Waals surface area contributed by atoms with Crippen molar-refractivity contribution in [3.63, 3.8) is 0 Å². The van der Waals surface area contributed by atoms with Crippen LogP contribution in [0.2, 0.25) is 0 Å². The SMILES string of the molecule is CC(c1cccc(NC(=O)c2ccccc2)c1)N(C)C(=O)COc1ccc2c(c1)CCC(=O)N2. The number of likely N-dealkylation sites (N-methyl/N-ethyl adjacent to an activating group) is 1. The summed E-state index contributed by atoms with van der Waals surface area (Å²) in [4.78, 5) is 38.4. The molecule has 174 valence electrons. The minimum absolute atomic E-state index is 0.00987. The first-order chi connectivity index (χ1) is 16.4. The van der Waals surface area contributed by atoms with Gasteiger partial charge in [0.1, 0.15) is 5.75 Å².